The van der Waals surface area contributed by atoms with Gasteiger partial charge in [0.15, 0.2) is 0 Å². The Morgan fingerprint density at radius 2 is 2.06 bits per heavy atom. The predicted octanol–water partition coefficient (Wildman–Crippen LogP) is 3.82. The van der Waals surface area contributed by atoms with E-state index < -0.39 is 0 Å². The van der Waals surface area contributed by atoms with Crippen molar-refractivity contribution in [1.82, 2.24) is 0 Å². The minimum Gasteiger partial charge on any atom is -0.303 e. The van der Waals surface area contributed by atoms with E-state index in [1.165, 1.54) is 16.0 Å². The van der Waals surface area contributed by atoms with Crippen LogP contribution in [0.25, 0.3) is 0 Å². The fraction of sp³-hybridized carbons (Fsp3) is 0.312. The smallest absolute Gasteiger partial charge is 0.123 e. The quantitative estimate of drug-likeness (QED) is 0.747. The highest BCUT2D eigenvalue weighted by Crippen LogP contribution is 2.46. The molecular formula is C16H16OS. The Bertz CT molecular complexity index is 557. The molecule has 2 heteroatoms. The van der Waals surface area contributed by atoms with E-state index in [4.69, 9.17) is 0 Å². The number of aldehydes is 1. The van der Waals surface area contributed by atoms with Crippen molar-refractivity contribution in [3.05, 3.63) is 57.8 Å². The van der Waals surface area contributed by atoms with Gasteiger partial charge in [0.2, 0.25) is 0 Å². The summed E-state index contributed by atoms with van der Waals surface area (Å²) >= 11 is 1.82. The van der Waals surface area contributed by atoms with Crippen molar-refractivity contribution < 1.29 is 4.79 Å². The van der Waals surface area contributed by atoms with Crippen LogP contribution in [-0.2, 0) is 16.6 Å². The molecule has 0 saturated heterocycles. The van der Waals surface area contributed by atoms with Gasteiger partial charge in [0.1, 0.15) is 6.29 Å². The van der Waals surface area contributed by atoms with Gasteiger partial charge in [-0.05, 0) is 35.4 Å². The summed E-state index contributed by atoms with van der Waals surface area (Å²) in [5, 5.41) is 2.15. The van der Waals surface area contributed by atoms with Crippen LogP contribution in [0, 0.1) is 5.92 Å². The molecule has 2 aromatic rings. The van der Waals surface area contributed by atoms with Gasteiger partial charge in [0.05, 0.1) is 0 Å². The highest BCUT2D eigenvalue weighted by molar-refractivity contribution is 7.10. The van der Waals surface area contributed by atoms with E-state index in [9.17, 15) is 4.79 Å². The van der Waals surface area contributed by atoms with E-state index in [1.807, 2.05) is 17.4 Å². The third-order valence-electron chi connectivity index (χ3n) is 4.00. The van der Waals surface area contributed by atoms with E-state index in [0.717, 1.165) is 19.1 Å². The fourth-order valence-electron chi connectivity index (χ4n) is 3.10. The standard InChI is InChI=1S/C16H16OS/c1-16(14-5-3-2-4-6-14)10-12(11-17)9-13-7-8-18-15(13)16/h2-8,11-12H,9-10H2,1H3/t12-,16+/m0/s1. The van der Waals surface area contributed by atoms with Crippen molar-refractivity contribution in [3.63, 3.8) is 0 Å². The molecule has 2 atom stereocenters. The first kappa shape index (κ1) is 11.7. The lowest BCUT2D eigenvalue weighted by atomic mass is 9.68. The van der Waals surface area contributed by atoms with Gasteiger partial charge in [-0.2, -0.15) is 0 Å². The Morgan fingerprint density at radius 1 is 1.28 bits per heavy atom. The second kappa shape index (κ2) is 4.36. The number of carbonyl (C=O) groups excluding carboxylic acids is 1. The summed E-state index contributed by atoms with van der Waals surface area (Å²) in [6, 6.07) is 12.7. The minimum atomic E-state index is -0.00537. The third-order valence-corrected chi connectivity index (χ3v) is 5.22. The summed E-state index contributed by atoms with van der Waals surface area (Å²) in [6.45, 7) is 2.27. The van der Waals surface area contributed by atoms with Crippen molar-refractivity contribution >= 4 is 17.6 Å². The van der Waals surface area contributed by atoms with Crippen molar-refractivity contribution in [3.8, 4) is 0 Å². The maximum atomic E-state index is 11.2. The second-order valence-electron chi connectivity index (χ2n) is 5.28. The number of fused-ring (bicyclic) bond motifs is 1. The molecule has 18 heavy (non-hydrogen) atoms. The molecule has 0 aliphatic heterocycles. The minimum absolute atomic E-state index is 0.00537. The third kappa shape index (κ3) is 1.72. The number of carbonyl (C=O) groups is 1. The van der Waals surface area contributed by atoms with Gasteiger partial charge in [-0.25, -0.2) is 0 Å². The second-order valence-corrected chi connectivity index (χ2v) is 6.19. The SMILES string of the molecule is C[C@]1(c2ccccc2)C[C@@H](C=O)Cc2ccsc21. The predicted molar refractivity (Wildman–Crippen MR) is 75.1 cm³/mol. The lowest BCUT2D eigenvalue weighted by Gasteiger charge is -2.37. The number of hydrogen-bond donors (Lipinski definition) is 0. The molecule has 0 N–H and O–H groups in total. The molecule has 0 unspecified atom stereocenters. The number of rotatable bonds is 2. The van der Waals surface area contributed by atoms with E-state index in [-0.39, 0.29) is 11.3 Å². The Morgan fingerprint density at radius 3 is 2.78 bits per heavy atom. The van der Waals surface area contributed by atoms with E-state index >= 15 is 0 Å². The van der Waals surface area contributed by atoms with E-state index in [1.54, 1.807) is 0 Å². The van der Waals surface area contributed by atoms with Gasteiger partial charge in [0.25, 0.3) is 0 Å². The summed E-state index contributed by atoms with van der Waals surface area (Å²) in [7, 11) is 0. The van der Waals surface area contributed by atoms with Crippen LogP contribution in [0.3, 0.4) is 0 Å². The molecule has 0 spiro atoms. The Kier molecular flexibility index (Phi) is 2.83. The zero-order valence-corrected chi connectivity index (χ0v) is 11.2. The average molecular weight is 256 g/mol. The molecule has 0 saturated carbocycles. The largest absolute Gasteiger partial charge is 0.303 e. The summed E-state index contributed by atoms with van der Waals surface area (Å²) in [4.78, 5) is 12.7. The van der Waals surface area contributed by atoms with Gasteiger partial charge < -0.3 is 4.79 Å². The Labute approximate surface area is 111 Å². The van der Waals surface area contributed by atoms with Crippen LogP contribution in [0.5, 0.6) is 0 Å². The molecule has 1 aliphatic carbocycles. The van der Waals surface area contributed by atoms with E-state index in [2.05, 4.69) is 42.6 Å². The molecule has 0 fully saturated rings. The van der Waals surface area contributed by atoms with Gasteiger partial charge in [-0.1, -0.05) is 37.3 Å². The number of thiophene rings is 1. The van der Waals surface area contributed by atoms with Crippen LogP contribution in [-0.4, -0.2) is 6.29 Å². The number of benzene rings is 1. The molecule has 1 heterocycles. The van der Waals surface area contributed by atoms with Crippen LogP contribution < -0.4 is 0 Å². The molecule has 3 rings (SSSR count). The van der Waals surface area contributed by atoms with Gasteiger partial charge in [-0.15, -0.1) is 11.3 Å². The zero-order chi connectivity index (χ0) is 12.6. The molecule has 0 bridgehead atoms. The lowest BCUT2D eigenvalue weighted by molar-refractivity contribution is -0.111. The summed E-state index contributed by atoms with van der Waals surface area (Å²) in [6.07, 6.45) is 2.96. The summed E-state index contributed by atoms with van der Waals surface area (Å²) in [5.74, 6) is 0.150. The molecule has 0 radical (unpaired) electrons. The van der Waals surface area contributed by atoms with Crippen LogP contribution >= 0.6 is 11.3 Å². The first-order valence-electron chi connectivity index (χ1n) is 6.32. The normalized spacial score (nSPS) is 26.6. The highest BCUT2D eigenvalue weighted by Gasteiger charge is 2.38. The lowest BCUT2D eigenvalue weighted by Crippen LogP contribution is -2.32. The van der Waals surface area contributed by atoms with Crippen LogP contribution in [0.1, 0.15) is 29.3 Å². The van der Waals surface area contributed by atoms with Gasteiger partial charge in [-0.3, -0.25) is 0 Å². The Hall–Kier alpha value is -1.41. The maximum Gasteiger partial charge on any atom is 0.123 e. The van der Waals surface area contributed by atoms with Crippen LogP contribution in [0.2, 0.25) is 0 Å². The molecule has 0 amide bonds. The first-order valence-corrected chi connectivity index (χ1v) is 7.19. The topological polar surface area (TPSA) is 17.1 Å². The summed E-state index contributed by atoms with van der Waals surface area (Å²) in [5.41, 5.74) is 2.67. The highest BCUT2D eigenvalue weighted by atomic mass is 32.1. The maximum absolute atomic E-state index is 11.2. The molecule has 1 aromatic carbocycles. The van der Waals surface area contributed by atoms with Crippen molar-refractivity contribution in [1.29, 1.82) is 0 Å². The van der Waals surface area contributed by atoms with Crippen LogP contribution in [0.4, 0.5) is 0 Å². The van der Waals surface area contributed by atoms with Gasteiger partial charge >= 0.3 is 0 Å². The molecule has 1 nitrogen and oxygen atoms in total. The summed E-state index contributed by atoms with van der Waals surface area (Å²) < 4.78 is 0. The monoisotopic (exact) mass is 256 g/mol. The molecule has 1 aromatic heterocycles. The molecular weight excluding hydrogens is 240 g/mol. The Balaban J connectivity index is 2.14. The molecule has 92 valence electrons. The number of hydrogen-bond acceptors (Lipinski definition) is 2. The van der Waals surface area contributed by atoms with Crippen molar-refractivity contribution in [2.75, 3.05) is 0 Å². The van der Waals surface area contributed by atoms with Gasteiger partial charge in [0, 0.05) is 16.2 Å². The zero-order valence-electron chi connectivity index (χ0n) is 10.4. The first-order chi connectivity index (χ1) is 8.74. The molecule has 1 aliphatic rings. The van der Waals surface area contributed by atoms with Crippen molar-refractivity contribution in [2.24, 2.45) is 5.92 Å². The average Bonchev–Trinajstić information content (AvgIpc) is 2.89. The fourth-order valence-corrected chi connectivity index (χ4v) is 4.24. The van der Waals surface area contributed by atoms with E-state index in [0.29, 0.717) is 0 Å². The van der Waals surface area contributed by atoms with Crippen molar-refractivity contribution in [2.45, 2.75) is 25.2 Å². The van der Waals surface area contributed by atoms with Crippen LogP contribution in [0.15, 0.2) is 41.8 Å².